The van der Waals surface area contributed by atoms with Gasteiger partial charge >= 0.3 is 5.97 Å². The van der Waals surface area contributed by atoms with Crippen molar-refractivity contribution in [2.75, 3.05) is 13.2 Å². The molecule has 1 amide bonds. The summed E-state index contributed by atoms with van der Waals surface area (Å²) >= 11 is 0. The number of aromatic carboxylic acids is 1. The van der Waals surface area contributed by atoms with Crippen LogP contribution in [0.5, 0.6) is 0 Å². The lowest BCUT2D eigenvalue weighted by atomic mass is 9.69. The minimum Gasteiger partial charge on any atom is -0.478 e. The summed E-state index contributed by atoms with van der Waals surface area (Å²) < 4.78 is 11.2. The van der Waals surface area contributed by atoms with Crippen molar-refractivity contribution in [2.24, 2.45) is 0 Å². The predicted octanol–water partition coefficient (Wildman–Crippen LogP) is 3.12. The van der Waals surface area contributed by atoms with E-state index >= 15 is 0 Å². The predicted molar refractivity (Wildman–Crippen MR) is 93.1 cm³/mol. The minimum absolute atomic E-state index is 0.0469. The highest BCUT2D eigenvalue weighted by molar-refractivity contribution is 6.06. The smallest absolute Gasteiger partial charge is 0.339 e. The number of ether oxygens (including phenoxy) is 1. The highest BCUT2D eigenvalue weighted by Crippen LogP contribution is 2.45. The van der Waals surface area contributed by atoms with Gasteiger partial charge in [0.1, 0.15) is 17.6 Å². The first kappa shape index (κ1) is 16.8. The van der Waals surface area contributed by atoms with Crippen molar-refractivity contribution in [1.82, 2.24) is 4.90 Å². The largest absolute Gasteiger partial charge is 0.478 e. The van der Waals surface area contributed by atoms with Gasteiger partial charge in [0.2, 0.25) is 0 Å². The molecular weight excluding hydrogens is 334 g/mol. The maximum absolute atomic E-state index is 13.0. The molecule has 136 valence electrons. The third-order valence-corrected chi connectivity index (χ3v) is 5.47. The highest BCUT2D eigenvalue weighted by Gasteiger charge is 2.51. The number of carboxylic acids is 1. The number of hydrogen-bond donors (Lipinski definition) is 1. The number of benzene rings is 1. The number of nitrogens with zero attached hydrogens (tertiary/aromatic N) is 1. The van der Waals surface area contributed by atoms with Crippen LogP contribution >= 0.6 is 0 Å². The quantitative estimate of drug-likeness (QED) is 0.806. The van der Waals surface area contributed by atoms with Crippen LogP contribution < -0.4 is 0 Å². The Balaban J connectivity index is 1.48. The number of furan rings is 1. The van der Waals surface area contributed by atoms with Crippen molar-refractivity contribution in [3.05, 3.63) is 59.0 Å². The van der Waals surface area contributed by atoms with E-state index in [1.54, 1.807) is 0 Å². The Kier molecular flexibility index (Phi) is 4.28. The molecule has 6 nitrogen and oxygen atoms in total. The van der Waals surface area contributed by atoms with E-state index in [4.69, 9.17) is 9.15 Å². The second-order valence-electron chi connectivity index (χ2n) is 7.00. The average Bonchev–Trinajstić information content (AvgIpc) is 3.04. The van der Waals surface area contributed by atoms with E-state index in [0.29, 0.717) is 31.9 Å². The molecule has 2 aliphatic rings. The fourth-order valence-corrected chi connectivity index (χ4v) is 3.96. The molecule has 0 atom stereocenters. The number of hydrogen-bond acceptors (Lipinski definition) is 4. The molecule has 1 aromatic heterocycles. The van der Waals surface area contributed by atoms with Crippen molar-refractivity contribution in [3.8, 4) is 0 Å². The molecule has 2 heterocycles. The number of amides is 1. The van der Waals surface area contributed by atoms with Gasteiger partial charge in [-0.1, -0.05) is 30.3 Å². The zero-order valence-electron chi connectivity index (χ0n) is 14.4. The van der Waals surface area contributed by atoms with Crippen LogP contribution in [0, 0.1) is 0 Å². The number of fused-ring (bicyclic) bond motifs is 1. The Morgan fingerprint density at radius 2 is 2.04 bits per heavy atom. The summed E-state index contributed by atoms with van der Waals surface area (Å²) in [6.45, 7) is 1.36. The normalized spacial score (nSPS) is 17.8. The Morgan fingerprint density at radius 1 is 1.27 bits per heavy atom. The van der Waals surface area contributed by atoms with Crippen molar-refractivity contribution in [3.63, 3.8) is 0 Å². The minimum atomic E-state index is -1.13. The molecule has 0 radical (unpaired) electrons. The number of rotatable bonds is 6. The number of carboxylic acid groups (broad SMARTS) is 1. The summed E-state index contributed by atoms with van der Waals surface area (Å²) in [5.41, 5.74) is 1.00. The van der Waals surface area contributed by atoms with Crippen LogP contribution in [0.25, 0.3) is 0 Å². The van der Waals surface area contributed by atoms with Crippen molar-refractivity contribution in [1.29, 1.82) is 0 Å². The van der Waals surface area contributed by atoms with E-state index < -0.39 is 5.97 Å². The lowest BCUT2D eigenvalue weighted by Gasteiger charge is -2.52. The van der Waals surface area contributed by atoms with Crippen LogP contribution in [-0.2, 0) is 17.8 Å². The van der Waals surface area contributed by atoms with Gasteiger partial charge in [-0.05, 0) is 24.8 Å². The second-order valence-corrected chi connectivity index (χ2v) is 7.00. The fraction of sp³-hybridized carbons (Fsp3) is 0.400. The Labute approximate surface area is 151 Å². The molecule has 0 bridgehead atoms. The zero-order chi connectivity index (χ0) is 18.1. The van der Waals surface area contributed by atoms with E-state index in [1.165, 1.54) is 6.26 Å². The first-order valence-corrected chi connectivity index (χ1v) is 8.88. The Morgan fingerprint density at radius 3 is 2.69 bits per heavy atom. The standard InChI is InChI=1S/C20H21NO5/c22-18-17-15(19(23)24)13-26-16(17)11-20(7-4-8-20)21(18)9-10-25-12-14-5-2-1-3-6-14/h1-3,5-6,13H,4,7-12H2,(H,23,24). The SMILES string of the molecule is O=C(O)c1coc2c1C(=O)N(CCOCc1ccccc1)C1(CCC1)C2. The third-order valence-electron chi connectivity index (χ3n) is 5.47. The lowest BCUT2D eigenvalue weighted by Crippen LogP contribution is -2.61. The van der Waals surface area contributed by atoms with Crippen LogP contribution in [0.2, 0.25) is 0 Å². The Bertz CT molecular complexity index is 822. The highest BCUT2D eigenvalue weighted by atomic mass is 16.5. The van der Waals surface area contributed by atoms with Gasteiger partial charge in [0.25, 0.3) is 5.91 Å². The summed E-state index contributed by atoms with van der Waals surface area (Å²) in [5.74, 6) is -0.873. The van der Waals surface area contributed by atoms with Crippen molar-refractivity contribution in [2.45, 2.75) is 37.8 Å². The zero-order valence-corrected chi connectivity index (χ0v) is 14.4. The van der Waals surface area contributed by atoms with Gasteiger partial charge in [0, 0.05) is 13.0 Å². The van der Waals surface area contributed by atoms with Gasteiger partial charge < -0.3 is 19.2 Å². The van der Waals surface area contributed by atoms with Crippen LogP contribution in [0.1, 0.15) is 51.3 Å². The van der Waals surface area contributed by atoms with Crippen LogP contribution in [-0.4, -0.2) is 40.6 Å². The maximum atomic E-state index is 13.0. The molecule has 1 saturated carbocycles. The molecule has 1 aromatic carbocycles. The van der Waals surface area contributed by atoms with E-state index in [0.717, 1.165) is 24.8 Å². The molecule has 1 N–H and O–H groups in total. The lowest BCUT2D eigenvalue weighted by molar-refractivity contribution is -0.00977. The second kappa shape index (κ2) is 6.61. The summed E-state index contributed by atoms with van der Waals surface area (Å²) in [5, 5.41) is 9.32. The monoisotopic (exact) mass is 355 g/mol. The topological polar surface area (TPSA) is 80.0 Å². The van der Waals surface area contributed by atoms with E-state index in [2.05, 4.69) is 0 Å². The van der Waals surface area contributed by atoms with E-state index in [-0.39, 0.29) is 22.6 Å². The molecule has 2 aromatic rings. The van der Waals surface area contributed by atoms with Gasteiger partial charge in [0.15, 0.2) is 0 Å². The van der Waals surface area contributed by atoms with Gasteiger partial charge in [-0.25, -0.2) is 4.79 Å². The molecule has 1 aliphatic heterocycles. The molecule has 1 fully saturated rings. The number of carbonyl (C=O) groups is 2. The van der Waals surface area contributed by atoms with Gasteiger partial charge in [-0.2, -0.15) is 0 Å². The van der Waals surface area contributed by atoms with Crippen LogP contribution in [0.3, 0.4) is 0 Å². The van der Waals surface area contributed by atoms with Crippen molar-refractivity contribution >= 4 is 11.9 Å². The van der Waals surface area contributed by atoms with Gasteiger partial charge in [-0.15, -0.1) is 0 Å². The first-order chi connectivity index (χ1) is 12.6. The molecule has 6 heteroatoms. The molecular formula is C20H21NO5. The summed E-state index contributed by atoms with van der Waals surface area (Å²) in [4.78, 5) is 26.2. The first-order valence-electron chi connectivity index (χ1n) is 8.88. The average molecular weight is 355 g/mol. The van der Waals surface area contributed by atoms with Crippen LogP contribution in [0.15, 0.2) is 41.0 Å². The molecule has 4 rings (SSSR count). The number of carbonyl (C=O) groups excluding carboxylic acids is 1. The van der Waals surface area contributed by atoms with Crippen LogP contribution in [0.4, 0.5) is 0 Å². The summed E-state index contributed by atoms with van der Waals surface area (Å²) in [7, 11) is 0. The van der Waals surface area contributed by atoms with Crippen molar-refractivity contribution < 1.29 is 23.8 Å². The molecule has 0 unspecified atom stereocenters. The van der Waals surface area contributed by atoms with E-state index in [1.807, 2.05) is 35.2 Å². The van der Waals surface area contributed by atoms with Gasteiger partial charge in [0.05, 0.1) is 24.3 Å². The molecule has 1 aliphatic carbocycles. The van der Waals surface area contributed by atoms with E-state index in [9.17, 15) is 14.7 Å². The summed E-state index contributed by atoms with van der Waals surface area (Å²) in [6.07, 6.45) is 4.67. The maximum Gasteiger partial charge on any atom is 0.339 e. The Hall–Kier alpha value is -2.60. The van der Waals surface area contributed by atoms with Gasteiger partial charge in [-0.3, -0.25) is 4.79 Å². The third kappa shape index (κ3) is 2.80. The molecule has 26 heavy (non-hydrogen) atoms. The molecule has 0 saturated heterocycles. The summed E-state index contributed by atoms with van der Waals surface area (Å²) in [6, 6.07) is 9.87. The molecule has 1 spiro atoms. The fourth-order valence-electron chi connectivity index (χ4n) is 3.96.